The number of piperazine rings is 1. The van der Waals surface area contributed by atoms with Crippen molar-refractivity contribution in [3.05, 3.63) is 58.7 Å². The van der Waals surface area contributed by atoms with Gasteiger partial charge in [0.25, 0.3) is 0 Å². The number of nitrogens with one attached hydrogen (secondary N) is 1. The summed E-state index contributed by atoms with van der Waals surface area (Å²) in [7, 11) is 2.08. The van der Waals surface area contributed by atoms with Crippen LogP contribution in [-0.2, 0) is 10.8 Å². The Morgan fingerprint density at radius 3 is 2.00 bits per heavy atom. The summed E-state index contributed by atoms with van der Waals surface area (Å²) >= 11 is 0. The highest BCUT2D eigenvalue weighted by Gasteiger charge is 2.26. The van der Waals surface area contributed by atoms with Crippen LogP contribution in [0.4, 0.5) is 10.5 Å². The van der Waals surface area contributed by atoms with Gasteiger partial charge in [-0.2, -0.15) is 0 Å². The van der Waals surface area contributed by atoms with Crippen molar-refractivity contribution < 1.29 is 9.90 Å². The Morgan fingerprint density at radius 1 is 0.909 bits per heavy atom. The SMILES string of the molecule is CN1CCN(C(=O)Nc2ccccc2C=Cc2cc(C(C)(C)C)c(O)c(C(C)(C)C)c2)CC1. The van der Waals surface area contributed by atoms with Crippen LogP contribution in [0.15, 0.2) is 36.4 Å². The summed E-state index contributed by atoms with van der Waals surface area (Å²) in [6.07, 6.45) is 4.09. The van der Waals surface area contributed by atoms with Crippen LogP contribution in [0.2, 0.25) is 0 Å². The molecule has 1 fully saturated rings. The zero-order valence-electron chi connectivity index (χ0n) is 21.2. The van der Waals surface area contributed by atoms with Crippen LogP contribution in [0.3, 0.4) is 0 Å². The number of amides is 2. The lowest BCUT2D eigenvalue weighted by Crippen LogP contribution is -2.48. The van der Waals surface area contributed by atoms with Gasteiger partial charge in [0, 0.05) is 43.0 Å². The Labute approximate surface area is 199 Å². The molecule has 1 aliphatic heterocycles. The summed E-state index contributed by atoms with van der Waals surface area (Å²) in [5.41, 5.74) is 4.29. The minimum absolute atomic E-state index is 0.0568. The van der Waals surface area contributed by atoms with Gasteiger partial charge in [-0.1, -0.05) is 71.9 Å². The second kappa shape index (κ2) is 9.60. The molecule has 3 rings (SSSR count). The number of rotatable bonds is 3. The highest BCUT2D eigenvalue weighted by Crippen LogP contribution is 2.40. The van der Waals surface area contributed by atoms with Gasteiger partial charge < -0.3 is 20.2 Å². The van der Waals surface area contributed by atoms with Crippen molar-refractivity contribution in [3.8, 4) is 5.75 Å². The van der Waals surface area contributed by atoms with Gasteiger partial charge in [-0.25, -0.2) is 4.79 Å². The van der Waals surface area contributed by atoms with Gasteiger partial charge in [-0.3, -0.25) is 0 Å². The summed E-state index contributed by atoms with van der Waals surface area (Å²) in [5.74, 6) is 0.381. The Morgan fingerprint density at radius 2 is 1.45 bits per heavy atom. The van der Waals surface area contributed by atoms with Crippen molar-refractivity contribution in [2.24, 2.45) is 0 Å². The largest absolute Gasteiger partial charge is 0.507 e. The second-order valence-electron chi connectivity index (χ2n) is 11.1. The number of urea groups is 1. The van der Waals surface area contributed by atoms with Crippen LogP contribution >= 0.6 is 0 Å². The smallest absolute Gasteiger partial charge is 0.321 e. The maximum absolute atomic E-state index is 12.8. The molecule has 1 aliphatic rings. The number of phenols is 1. The fourth-order valence-corrected chi connectivity index (χ4v) is 4.04. The van der Waals surface area contributed by atoms with E-state index in [-0.39, 0.29) is 16.9 Å². The fraction of sp³-hybridized carbons (Fsp3) is 0.464. The van der Waals surface area contributed by atoms with Crippen molar-refractivity contribution >= 4 is 23.9 Å². The molecule has 178 valence electrons. The number of carbonyl (C=O) groups is 1. The number of carbonyl (C=O) groups excluding carboxylic acids is 1. The highest BCUT2D eigenvalue weighted by atomic mass is 16.3. The molecule has 0 radical (unpaired) electrons. The molecule has 5 heteroatoms. The van der Waals surface area contributed by atoms with Crippen LogP contribution in [0, 0.1) is 0 Å². The third-order valence-corrected chi connectivity index (χ3v) is 6.20. The molecule has 1 heterocycles. The van der Waals surface area contributed by atoms with E-state index < -0.39 is 0 Å². The molecule has 2 aromatic carbocycles. The Bertz CT molecular complexity index is 985. The second-order valence-corrected chi connectivity index (χ2v) is 11.1. The van der Waals surface area contributed by atoms with E-state index in [2.05, 4.69) is 77.0 Å². The molecule has 0 atom stereocenters. The van der Waals surface area contributed by atoms with Crippen LogP contribution in [-0.4, -0.2) is 54.2 Å². The Kier molecular flexibility index (Phi) is 7.23. The number of nitrogens with zero attached hydrogens (tertiary/aromatic N) is 2. The van der Waals surface area contributed by atoms with Crippen LogP contribution < -0.4 is 5.32 Å². The molecule has 0 aromatic heterocycles. The van der Waals surface area contributed by atoms with E-state index in [1.54, 1.807) is 0 Å². The maximum Gasteiger partial charge on any atom is 0.321 e. The van der Waals surface area contributed by atoms with Crippen LogP contribution in [0.5, 0.6) is 5.75 Å². The maximum atomic E-state index is 12.8. The number of hydrogen-bond acceptors (Lipinski definition) is 3. The van der Waals surface area contributed by atoms with Crippen LogP contribution in [0.1, 0.15) is 63.8 Å². The first-order valence-electron chi connectivity index (χ1n) is 11.8. The number of anilines is 1. The van der Waals surface area contributed by atoms with Crippen molar-refractivity contribution in [1.29, 1.82) is 0 Å². The normalized spacial score (nSPS) is 15.8. The Hall–Kier alpha value is -2.79. The van der Waals surface area contributed by atoms with Crippen molar-refractivity contribution in [1.82, 2.24) is 9.80 Å². The van der Waals surface area contributed by atoms with Crippen LogP contribution in [0.25, 0.3) is 12.2 Å². The average Bonchev–Trinajstić information content (AvgIpc) is 2.72. The summed E-state index contributed by atoms with van der Waals surface area (Å²) < 4.78 is 0. The van der Waals surface area contributed by atoms with Crippen molar-refractivity contribution in [2.45, 2.75) is 52.4 Å². The van der Waals surface area contributed by atoms with E-state index in [0.717, 1.165) is 54.1 Å². The molecule has 0 aliphatic carbocycles. The van der Waals surface area contributed by atoms with Gasteiger partial charge in [-0.05, 0) is 47.2 Å². The molecule has 0 spiro atoms. The van der Waals surface area contributed by atoms with E-state index in [4.69, 9.17) is 0 Å². The van der Waals surface area contributed by atoms with Crippen molar-refractivity contribution in [2.75, 3.05) is 38.5 Å². The zero-order chi connectivity index (χ0) is 24.4. The standard InChI is InChI=1S/C28H39N3O2/c1-27(2,3)22-18-20(19-23(25(22)32)28(4,5)6)12-13-21-10-8-9-11-24(21)29-26(33)31-16-14-30(7)15-17-31/h8-13,18-19,32H,14-17H2,1-7H3,(H,29,33). The molecule has 2 amide bonds. The van der Waals surface area contributed by atoms with Gasteiger partial charge in [0.1, 0.15) is 5.75 Å². The highest BCUT2D eigenvalue weighted by molar-refractivity contribution is 5.92. The monoisotopic (exact) mass is 449 g/mol. The molecule has 33 heavy (non-hydrogen) atoms. The summed E-state index contributed by atoms with van der Waals surface area (Å²) in [6.45, 7) is 15.9. The van der Waals surface area contributed by atoms with Gasteiger partial charge >= 0.3 is 6.03 Å². The zero-order valence-corrected chi connectivity index (χ0v) is 21.2. The van der Waals surface area contributed by atoms with Gasteiger partial charge in [-0.15, -0.1) is 0 Å². The lowest BCUT2D eigenvalue weighted by molar-refractivity contribution is 0.164. The quantitative estimate of drug-likeness (QED) is 0.571. The Balaban J connectivity index is 1.89. The molecular formula is C28H39N3O2. The molecule has 2 N–H and O–H groups in total. The molecule has 0 unspecified atom stereocenters. The number of hydrogen-bond donors (Lipinski definition) is 2. The van der Waals surface area contributed by atoms with Gasteiger partial charge in [0.2, 0.25) is 0 Å². The predicted octanol–water partition coefficient (Wildman–Crippen LogP) is 5.94. The van der Waals surface area contributed by atoms with Gasteiger partial charge in [0.15, 0.2) is 0 Å². The summed E-state index contributed by atoms with van der Waals surface area (Å²) in [6, 6.07) is 11.9. The fourth-order valence-electron chi connectivity index (χ4n) is 4.04. The first kappa shape index (κ1) is 24.8. The van der Waals surface area contributed by atoms with E-state index >= 15 is 0 Å². The minimum atomic E-state index is -0.178. The van der Waals surface area contributed by atoms with Gasteiger partial charge in [0.05, 0.1) is 0 Å². The van der Waals surface area contributed by atoms with E-state index in [9.17, 15) is 9.90 Å². The minimum Gasteiger partial charge on any atom is -0.507 e. The number of aromatic hydroxyl groups is 1. The summed E-state index contributed by atoms with van der Waals surface area (Å²) in [4.78, 5) is 16.9. The molecular weight excluding hydrogens is 410 g/mol. The first-order valence-corrected chi connectivity index (χ1v) is 11.8. The number of phenolic OH excluding ortho intramolecular Hbond substituents is 1. The molecule has 1 saturated heterocycles. The number of benzene rings is 2. The lowest BCUT2D eigenvalue weighted by Gasteiger charge is -2.32. The predicted molar refractivity (Wildman–Crippen MR) is 139 cm³/mol. The average molecular weight is 450 g/mol. The van der Waals surface area contributed by atoms with E-state index in [0.29, 0.717) is 5.75 Å². The molecule has 5 nitrogen and oxygen atoms in total. The third kappa shape index (κ3) is 6.17. The van der Waals surface area contributed by atoms with E-state index in [1.807, 2.05) is 35.2 Å². The summed E-state index contributed by atoms with van der Waals surface area (Å²) in [5, 5.41) is 14.1. The van der Waals surface area contributed by atoms with E-state index in [1.165, 1.54) is 0 Å². The third-order valence-electron chi connectivity index (χ3n) is 6.20. The number of para-hydroxylation sites is 1. The topological polar surface area (TPSA) is 55.8 Å². The molecule has 2 aromatic rings. The van der Waals surface area contributed by atoms with Crippen molar-refractivity contribution in [3.63, 3.8) is 0 Å². The molecule has 0 saturated carbocycles. The molecule has 0 bridgehead atoms. The lowest BCUT2D eigenvalue weighted by atomic mass is 9.78. The number of likely N-dealkylation sites (N-methyl/N-ethyl adjacent to an activating group) is 1. The first-order chi connectivity index (χ1) is 15.4.